The predicted molar refractivity (Wildman–Crippen MR) is 93.1 cm³/mol. The van der Waals surface area contributed by atoms with Crippen LogP contribution in [0.15, 0.2) is 18.2 Å². The van der Waals surface area contributed by atoms with E-state index >= 15 is 0 Å². The second kappa shape index (κ2) is 7.41. The van der Waals surface area contributed by atoms with Crippen molar-refractivity contribution in [3.05, 3.63) is 23.4 Å². The molecule has 0 saturated carbocycles. The van der Waals surface area contributed by atoms with E-state index in [0.717, 1.165) is 6.42 Å². The largest absolute Gasteiger partial charge is 0.497 e. The lowest BCUT2D eigenvalue weighted by atomic mass is 9.95. The predicted octanol–water partition coefficient (Wildman–Crippen LogP) is 2.21. The van der Waals surface area contributed by atoms with Crippen LogP contribution in [0.5, 0.6) is 11.6 Å². The van der Waals surface area contributed by atoms with Gasteiger partial charge in [-0.05, 0) is 18.6 Å². The lowest BCUT2D eigenvalue weighted by Crippen LogP contribution is -2.37. The summed E-state index contributed by atoms with van der Waals surface area (Å²) in [7, 11) is 2.97. The number of esters is 1. The van der Waals surface area contributed by atoms with Crippen LogP contribution < -0.4 is 14.8 Å². The van der Waals surface area contributed by atoms with E-state index < -0.39 is 6.04 Å². The molecule has 3 atom stereocenters. The third-order valence-electron chi connectivity index (χ3n) is 4.43. The number of ether oxygens (including phenoxy) is 3. The molecule has 0 radical (unpaired) electrons. The highest BCUT2D eigenvalue weighted by Crippen LogP contribution is 2.30. The Kier molecular flexibility index (Phi) is 5.24. The van der Waals surface area contributed by atoms with Crippen molar-refractivity contribution in [2.45, 2.75) is 25.5 Å². The summed E-state index contributed by atoms with van der Waals surface area (Å²) >= 11 is 6.23. The topological polar surface area (TPSA) is 82.6 Å². The molecule has 8 heteroatoms. The van der Waals surface area contributed by atoms with E-state index in [2.05, 4.69) is 15.3 Å². The van der Waals surface area contributed by atoms with Crippen molar-refractivity contribution >= 4 is 28.6 Å². The number of carbonyl (C=O) groups excluding carboxylic acids is 1. The molecule has 7 nitrogen and oxygen atoms in total. The molecule has 1 aromatic heterocycles. The number of carbonyl (C=O) groups is 1. The highest BCUT2D eigenvalue weighted by molar-refractivity contribution is 6.31. The zero-order valence-electron chi connectivity index (χ0n) is 14.3. The van der Waals surface area contributed by atoms with Gasteiger partial charge in [-0.15, -0.1) is 0 Å². The molecule has 3 rings (SSSR count). The third-order valence-corrected chi connectivity index (χ3v) is 4.68. The molecule has 2 heterocycles. The van der Waals surface area contributed by atoms with Crippen LogP contribution in [0.1, 0.15) is 13.3 Å². The van der Waals surface area contributed by atoms with Crippen molar-refractivity contribution in [3.8, 4) is 11.6 Å². The zero-order valence-corrected chi connectivity index (χ0v) is 15.0. The first-order chi connectivity index (χ1) is 12.1. The average molecular weight is 366 g/mol. The standard InChI is InChI=1S/C17H20ClN3O4/c1-4-10-13(8-19-14(10)17(22)24-3)25-16-15(18)20-11-6-5-9(23-2)7-12(11)21-16/h5-7,10,13-14,19H,4,8H2,1-3H3. The molecular weight excluding hydrogens is 346 g/mol. The van der Waals surface area contributed by atoms with E-state index in [4.69, 9.17) is 25.8 Å². The number of nitrogens with zero attached hydrogens (tertiary/aromatic N) is 2. The minimum absolute atomic E-state index is 0.0358. The number of nitrogens with one attached hydrogen (secondary N) is 1. The molecule has 25 heavy (non-hydrogen) atoms. The minimum atomic E-state index is -0.396. The van der Waals surface area contributed by atoms with Gasteiger partial charge in [0.25, 0.3) is 5.88 Å². The smallest absolute Gasteiger partial charge is 0.323 e. The number of methoxy groups -OCH3 is 2. The Labute approximate surface area is 150 Å². The molecular formula is C17H20ClN3O4. The molecule has 1 aliphatic heterocycles. The van der Waals surface area contributed by atoms with Crippen molar-refractivity contribution in [1.29, 1.82) is 0 Å². The van der Waals surface area contributed by atoms with E-state index in [9.17, 15) is 4.79 Å². The van der Waals surface area contributed by atoms with Crippen LogP contribution in [-0.2, 0) is 9.53 Å². The van der Waals surface area contributed by atoms with E-state index in [-0.39, 0.29) is 29.0 Å². The quantitative estimate of drug-likeness (QED) is 0.813. The van der Waals surface area contributed by atoms with Gasteiger partial charge in [-0.25, -0.2) is 9.97 Å². The summed E-state index contributed by atoms with van der Waals surface area (Å²) < 4.78 is 16.1. The Bertz CT molecular complexity index is 786. The summed E-state index contributed by atoms with van der Waals surface area (Å²) in [5.41, 5.74) is 1.28. The van der Waals surface area contributed by atoms with Crippen molar-refractivity contribution in [2.24, 2.45) is 5.92 Å². The van der Waals surface area contributed by atoms with Crippen LogP contribution in [-0.4, -0.2) is 48.8 Å². The van der Waals surface area contributed by atoms with Crippen LogP contribution in [0.3, 0.4) is 0 Å². The molecule has 134 valence electrons. The van der Waals surface area contributed by atoms with Crippen LogP contribution in [0.25, 0.3) is 11.0 Å². The number of benzene rings is 1. The monoisotopic (exact) mass is 365 g/mol. The summed E-state index contributed by atoms with van der Waals surface area (Å²) in [6, 6.07) is 4.96. The molecule has 1 aromatic carbocycles. The summed E-state index contributed by atoms with van der Waals surface area (Å²) in [5.74, 6) is 0.595. The Morgan fingerprint density at radius 2 is 2.12 bits per heavy atom. The molecule has 3 unspecified atom stereocenters. The second-order valence-electron chi connectivity index (χ2n) is 5.81. The first-order valence-corrected chi connectivity index (χ1v) is 8.44. The molecule has 0 amide bonds. The normalized spacial score (nSPS) is 22.8. The number of hydrogen-bond donors (Lipinski definition) is 1. The molecule has 0 bridgehead atoms. The Balaban J connectivity index is 1.86. The van der Waals surface area contributed by atoms with Gasteiger partial charge in [0.2, 0.25) is 0 Å². The molecule has 0 aliphatic carbocycles. The van der Waals surface area contributed by atoms with Crippen molar-refractivity contribution in [2.75, 3.05) is 20.8 Å². The van der Waals surface area contributed by atoms with Crippen LogP contribution in [0, 0.1) is 5.92 Å². The van der Waals surface area contributed by atoms with Gasteiger partial charge in [0.05, 0.1) is 25.3 Å². The number of aromatic nitrogens is 2. The summed E-state index contributed by atoms with van der Waals surface area (Å²) in [5, 5.41) is 3.33. The molecule has 1 fully saturated rings. The molecule has 2 aromatic rings. The molecule has 1 N–H and O–H groups in total. The maximum Gasteiger partial charge on any atom is 0.323 e. The summed E-state index contributed by atoms with van der Waals surface area (Å²) in [6.07, 6.45) is 0.508. The Morgan fingerprint density at radius 1 is 1.32 bits per heavy atom. The lowest BCUT2D eigenvalue weighted by molar-refractivity contribution is -0.144. The van der Waals surface area contributed by atoms with Crippen LogP contribution >= 0.6 is 11.6 Å². The van der Waals surface area contributed by atoms with E-state index in [1.807, 2.05) is 6.92 Å². The lowest BCUT2D eigenvalue weighted by Gasteiger charge is -2.22. The maximum absolute atomic E-state index is 11.9. The van der Waals surface area contributed by atoms with Crippen molar-refractivity contribution in [1.82, 2.24) is 15.3 Å². The number of hydrogen-bond acceptors (Lipinski definition) is 7. The SMILES string of the molecule is CCC1C(Oc2nc3cc(OC)ccc3nc2Cl)CNC1C(=O)OC. The summed E-state index contributed by atoms with van der Waals surface area (Å²) in [4.78, 5) is 20.7. The van der Waals surface area contributed by atoms with Crippen LogP contribution in [0.2, 0.25) is 5.15 Å². The number of halogens is 1. The van der Waals surface area contributed by atoms with Gasteiger partial charge in [-0.3, -0.25) is 4.79 Å². The molecule has 0 spiro atoms. The molecule has 1 aliphatic rings. The van der Waals surface area contributed by atoms with E-state index in [1.54, 1.807) is 25.3 Å². The highest BCUT2D eigenvalue weighted by atomic mass is 35.5. The molecule has 1 saturated heterocycles. The van der Waals surface area contributed by atoms with Gasteiger partial charge in [0.15, 0.2) is 5.15 Å². The fourth-order valence-corrected chi connectivity index (χ4v) is 3.29. The first kappa shape index (κ1) is 17.7. The average Bonchev–Trinajstić information content (AvgIpc) is 3.03. The van der Waals surface area contributed by atoms with Crippen molar-refractivity contribution < 1.29 is 19.0 Å². The van der Waals surface area contributed by atoms with E-state index in [1.165, 1.54) is 7.11 Å². The second-order valence-corrected chi connectivity index (χ2v) is 6.17. The first-order valence-electron chi connectivity index (χ1n) is 8.06. The Hall–Kier alpha value is -2.12. The van der Waals surface area contributed by atoms with Gasteiger partial charge in [0, 0.05) is 18.5 Å². The van der Waals surface area contributed by atoms with Crippen molar-refractivity contribution in [3.63, 3.8) is 0 Å². The van der Waals surface area contributed by atoms with Gasteiger partial charge in [-0.1, -0.05) is 18.5 Å². The third kappa shape index (κ3) is 3.48. The number of rotatable bonds is 5. The highest BCUT2D eigenvalue weighted by Gasteiger charge is 2.41. The Morgan fingerprint density at radius 3 is 2.80 bits per heavy atom. The maximum atomic E-state index is 11.9. The van der Waals surface area contributed by atoms with Gasteiger partial charge in [0.1, 0.15) is 17.9 Å². The fraction of sp³-hybridized carbons (Fsp3) is 0.471. The summed E-state index contributed by atoms with van der Waals surface area (Å²) in [6.45, 7) is 2.51. The van der Waals surface area contributed by atoms with Gasteiger partial charge < -0.3 is 19.5 Å². The fourth-order valence-electron chi connectivity index (χ4n) is 3.12. The van der Waals surface area contributed by atoms with Gasteiger partial charge >= 0.3 is 5.97 Å². The minimum Gasteiger partial charge on any atom is -0.497 e. The van der Waals surface area contributed by atoms with Gasteiger partial charge in [-0.2, -0.15) is 0 Å². The van der Waals surface area contributed by atoms with E-state index in [0.29, 0.717) is 23.3 Å². The number of fused-ring (bicyclic) bond motifs is 1. The van der Waals surface area contributed by atoms with Crippen LogP contribution in [0.4, 0.5) is 0 Å². The zero-order chi connectivity index (χ0) is 18.0.